The molecule has 0 aromatic heterocycles. The first-order valence-corrected chi connectivity index (χ1v) is 7.56. The van der Waals surface area contributed by atoms with Crippen LogP contribution in [-0.4, -0.2) is 18.5 Å². The minimum absolute atomic E-state index is 0.171. The normalized spacial score (nSPS) is 10.6. The van der Waals surface area contributed by atoms with Gasteiger partial charge in [-0.2, -0.15) is 0 Å². The highest BCUT2D eigenvalue weighted by Gasteiger charge is 2.04. The van der Waals surface area contributed by atoms with Gasteiger partial charge >= 0.3 is 5.97 Å². The number of anilines is 1. The third kappa shape index (κ3) is 5.68. The number of amides is 1. The van der Waals surface area contributed by atoms with E-state index in [4.69, 9.17) is 4.74 Å². The van der Waals surface area contributed by atoms with Gasteiger partial charge in [0.2, 0.25) is 5.91 Å². The van der Waals surface area contributed by atoms with Crippen LogP contribution >= 0.6 is 0 Å². The number of benzene rings is 2. The molecular formula is C19H18FNO3. The third-order valence-electron chi connectivity index (χ3n) is 3.17. The summed E-state index contributed by atoms with van der Waals surface area (Å²) in [5.74, 6) is -0.906. The molecule has 0 aliphatic heterocycles. The maximum Gasteiger partial charge on any atom is 0.330 e. The fourth-order valence-electron chi connectivity index (χ4n) is 2.03. The highest BCUT2D eigenvalue weighted by molar-refractivity contribution is 5.92. The van der Waals surface area contributed by atoms with Gasteiger partial charge < -0.3 is 10.1 Å². The molecule has 2 rings (SSSR count). The van der Waals surface area contributed by atoms with Crippen molar-refractivity contribution in [3.8, 4) is 0 Å². The van der Waals surface area contributed by atoms with Crippen molar-refractivity contribution in [2.24, 2.45) is 0 Å². The van der Waals surface area contributed by atoms with Gasteiger partial charge in [-0.1, -0.05) is 24.3 Å². The first kappa shape index (κ1) is 17.4. The van der Waals surface area contributed by atoms with Gasteiger partial charge in [-0.3, -0.25) is 4.79 Å². The second kappa shape index (κ2) is 8.62. The average molecular weight is 327 g/mol. The number of hydrogen-bond donors (Lipinski definition) is 1. The topological polar surface area (TPSA) is 55.4 Å². The smallest absolute Gasteiger partial charge is 0.330 e. The molecule has 0 aliphatic carbocycles. The van der Waals surface area contributed by atoms with Crippen molar-refractivity contribution in [1.29, 1.82) is 0 Å². The van der Waals surface area contributed by atoms with Crippen LogP contribution < -0.4 is 5.32 Å². The van der Waals surface area contributed by atoms with Crippen LogP contribution in [0, 0.1) is 5.82 Å². The highest BCUT2D eigenvalue weighted by atomic mass is 19.1. The van der Waals surface area contributed by atoms with Gasteiger partial charge in [0.1, 0.15) is 5.82 Å². The zero-order chi connectivity index (χ0) is 17.4. The Bertz CT molecular complexity index is 721. The number of rotatable bonds is 6. The first-order chi connectivity index (χ1) is 11.6. The number of halogens is 1. The molecule has 2 aromatic carbocycles. The zero-order valence-corrected chi connectivity index (χ0v) is 13.3. The Hall–Kier alpha value is -2.95. The Kier molecular flexibility index (Phi) is 6.25. The molecular weight excluding hydrogens is 309 g/mol. The number of ether oxygens (including phenoxy) is 1. The Morgan fingerprint density at radius 2 is 1.75 bits per heavy atom. The molecule has 0 saturated heterocycles. The lowest BCUT2D eigenvalue weighted by Crippen LogP contribution is -2.14. The Balaban J connectivity index is 1.90. The molecule has 5 heteroatoms. The fraction of sp³-hybridized carbons (Fsp3) is 0.158. The minimum Gasteiger partial charge on any atom is -0.463 e. The molecule has 0 spiro atoms. The van der Waals surface area contributed by atoms with Crippen LogP contribution in [0.5, 0.6) is 0 Å². The number of esters is 1. The predicted octanol–water partition coefficient (Wildman–Crippen LogP) is 3.58. The van der Waals surface area contributed by atoms with E-state index in [0.29, 0.717) is 12.3 Å². The lowest BCUT2D eigenvalue weighted by molar-refractivity contribution is -0.137. The zero-order valence-electron chi connectivity index (χ0n) is 13.3. The summed E-state index contributed by atoms with van der Waals surface area (Å²) in [4.78, 5) is 23.2. The molecule has 0 aliphatic rings. The summed E-state index contributed by atoms with van der Waals surface area (Å²) in [6.45, 7) is 2.08. The van der Waals surface area contributed by atoms with Crippen LogP contribution in [0.1, 0.15) is 18.1 Å². The summed E-state index contributed by atoms with van der Waals surface area (Å²) in [6, 6.07) is 12.9. The minimum atomic E-state index is -0.394. The van der Waals surface area contributed by atoms with Crippen molar-refractivity contribution in [3.63, 3.8) is 0 Å². The van der Waals surface area contributed by atoms with E-state index < -0.39 is 5.97 Å². The van der Waals surface area contributed by atoms with Gasteiger partial charge in [0.05, 0.1) is 13.0 Å². The van der Waals surface area contributed by atoms with E-state index in [1.54, 1.807) is 49.4 Å². The van der Waals surface area contributed by atoms with Gasteiger partial charge in [-0.15, -0.1) is 0 Å². The number of hydrogen-bond acceptors (Lipinski definition) is 3. The predicted molar refractivity (Wildman–Crippen MR) is 90.8 cm³/mol. The maximum atomic E-state index is 12.8. The summed E-state index contributed by atoms with van der Waals surface area (Å²) in [5, 5.41) is 2.77. The number of carbonyl (C=O) groups is 2. The molecule has 24 heavy (non-hydrogen) atoms. The van der Waals surface area contributed by atoms with Crippen molar-refractivity contribution in [2.75, 3.05) is 11.9 Å². The molecule has 0 atom stereocenters. The summed E-state index contributed by atoms with van der Waals surface area (Å²) < 4.78 is 17.6. The molecule has 1 amide bonds. The fourth-order valence-corrected chi connectivity index (χ4v) is 2.03. The van der Waals surface area contributed by atoms with Crippen molar-refractivity contribution in [1.82, 2.24) is 0 Å². The van der Waals surface area contributed by atoms with Crippen LogP contribution in [0.25, 0.3) is 6.08 Å². The summed E-state index contributed by atoms with van der Waals surface area (Å²) in [5.41, 5.74) is 2.21. The van der Waals surface area contributed by atoms with Crippen LogP contribution in [0.4, 0.5) is 10.1 Å². The van der Waals surface area contributed by atoms with E-state index in [1.807, 2.05) is 0 Å². The highest BCUT2D eigenvalue weighted by Crippen LogP contribution is 2.12. The summed E-state index contributed by atoms with van der Waals surface area (Å²) >= 11 is 0. The van der Waals surface area contributed by atoms with E-state index in [1.165, 1.54) is 18.2 Å². The van der Waals surface area contributed by atoms with Crippen molar-refractivity contribution >= 4 is 23.6 Å². The standard InChI is InChI=1S/C19H18FNO3/c1-2-24-19(23)12-7-14-5-10-17(11-6-14)21-18(22)13-15-3-8-16(20)9-4-15/h3-12H,2,13H2,1H3,(H,21,22)/b12-7+. The van der Waals surface area contributed by atoms with Crippen LogP contribution in [0.3, 0.4) is 0 Å². The molecule has 1 N–H and O–H groups in total. The van der Waals surface area contributed by atoms with Gasteiger partial charge in [-0.05, 0) is 48.4 Å². The summed E-state index contributed by atoms with van der Waals surface area (Å²) in [7, 11) is 0. The van der Waals surface area contributed by atoms with Crippen LogP contribution in [-0.2, 0) is 20.7 Å². The molecule has 0 radical (unpaired) electrons. The quantitative estimate of drug-likeness (QED) is 0.652. The van der Waals surface area contributed by atoms with E-state index in [2.05, 4.69) is 5.32 Å². The van der Waals surface area contributed by atoms with Gasteiger partial charge in [0.15, 0.2) is 0 Å². The average Bonchev–Trinajstić information content (AvgIpc) is 2.56. The summed E-state index contributed by atoms with van der Waals surface area (Å²) in [6.07, 6.45) is 3.17. The number of nitrogens with one attached hydrogen (secondary N) is 1. The Morgan fingerprint density at radius 3 is 2.38 bits per heavy atom. The monoisotopic (exact) mass is 327 g/mol. The third-order valence-corrected chi connectivity index (χ3v) is 3.17. The van der Waals surface area contributed by atoms with Crippen molar-refractivity contribution < 1.29 is 18.7 Å². The molecule has 0 unspecified atom stereocenters. The molecule has 0 bridgehead atoms. The molecule has 0 fully saturated rings. The van der Waals surface area contributed by atoms with Gasteiger partial charge in [-0.25, -0.2) is 9.18 Å². The van der Waals surface area contributed by atoms with Crippen molar-refractivity contribution in [3.05, 3.63) is 71.6 Å². The van der Waals surface area contributed by atoms with Gasteiger partial charge in [0.25, 0.3) is 0 Å². The van der Waals surface area contributed by atoms with Crippen LogP contribution in [0.15, 0.2) is 54.6 Å². The molecule has 124 valence electrons. The first-order valence-electron chi connectivity index (χ1n) is 7.56. The largest absolute Gasteiger partial charge is 0.463 e. The van der Waals surface area contributed by atoms with E-state index in [0.717, 1.165) is 11.1 Å². The van der Waals surface area contributed by atoms with Crippen LogP contribution in [0.2, 0.25) is 0 Å². The lowest BCUT2D eigenvalue weighted by Gasteiger charge is -2.06. The van der Waals surface area contributed by atoms with Gasteiger partial charge in [0, 0.05) is 11.8 Å². The van der Waals surface area contributed by atoms with E-state index >= 15 is 0 Å². The van der Waals surface area contributed by atoms with E-state index in [-0.39, 0.29) is 18.1 Å². The van der Waals surface area contributed by atoms with Crippen molar-refractivity contribution in [2.45, 2.75) is 13.3 Å². The lowest BCUT2D eigenvalue weighted by atomic mass is 10.1. The molecule has 2 aromatic rings. The number of carbonyl (C=O) groups excluding carboxylic acids is 2. The maximum absolute atomic E-state index is 12.8. The molecule has 0 heterocycles. The SMILES string of the molecule is CCOC(=O)/C=C/c1ccc(NC(=O)Cc2ccc(F)cc2)cc1. The Labute approximate surface area is 140 Å². The Morgan fingerprint density at radius 1 is 1.08 bits per heavy atom. The molecule has 0 saturated carbocycles. The molecule has 4 nitrogen and oxygen atoms in total. The second-order valence-corrected chi connectivity index (χ2v) is 5.06. The van der Waals surface area contributed by atoms with E-state index in [9.17, 15) is 14.0 Å². The second-order valence-electron chi connectivity index (χ2n) is 5.06.